The van der Waals surface area contributed by atoms with Gasteiger partial charge in [0.05, 0.1) is 18.8 Å². The number of aromatic nitrogens is 5. The highest BCUT2D eigenvalue weighted by Gasteiger charge is 2.19. The van der Waals surface area contributed by atoms with Gasteiger partial charge in [-0.3, -0.25) is 4.68 Å². The molecule has 3 aromatic heterocycles. The van der Waals surface area contributed by atoms with Gasteiger partial charge in [-0.05, 0) is 31.5 Å². The fourth-order valence-electron chi connectivity index (χ4n) is 2.86. The first kappa shape index (κ1) is 20.3. The number of aryl methyl sites for hydroxylation is 2. The molecule has 3 rings (SSSR count). The number of fused-ring (bicyclic) bond motifs is 1. The number of nitrogens with zero attached hydrogens (tertiary/aromatic N) is 6. The monoisotopic (exact) mass is 403 g/mol. The number of ether oxygens (including phenoxy) is 1. The van der Waals surface area contributed by atoms with E-state index < -0.39 is 0 Å². The summed E-state index contributed by atoms with van der Waals surface area (Å²) >= 11 is 6.01. The third kappa shape index (κ3) is 4.51. The lowest BCUT2D eigenvalue weighted by Crippen LogP contribution is -2.15. The minimum Gasteiger partial charge on any atom is -0.380 e. The van der Waals surface area contributed by atoms with Crippen molar-refractivity contribution in [1.82, 2.24) is 24.7 Å². The number of pyridine rings is 1. The largest absolute Gasteiger partial charge is 0.380 e. The molecule has 150 valence electrons. The quantitative estimate of drug-likeness (QED) is 0.434. The summed E-state index contributed by atoms with van der Waals surface area (Å²) in [5, 5.41) is 8.09. The van der Waals surface area contributed by atoms with E-state index >= 15 is 0 Å². The van der Waals surface area contributed by atoms with E-state index in [0.29, 0.717) is 43.8 Å². The highest BCUT2D eigenvalue weighted by molar-refractivity contribution is 6.18. The SMILES string of the molecule is CCOCCn1nc(CCCl)c2nc(N(C)C)nc(Nc3cc(C)ccn3)c21. The standard InChI is InChI=1S/C19H26ClN7O/c1-5-28-11-10-27-17-16(14(25-27)6-8-20)23-19(26(3)4)24-18(17)22-15-12-13(2)7-9-21-15/h7,9,12H,5-6,8,10-11H2,1-4H3,(H,21,22,23,24). The summed E-state index contributed by atoms with van der Waals surface area (Å²) in [5.74, 6) is 2.46. The van der Waals surface area contributed by atoms with Gasteiger partial charge in [-0.25, -0.2) is 9.97 Å². The maximum Gasteiger partial charge on any atom is 0.227 e. The minimum atomic E-state index is 0.473. The summed E-state index contributed by atoms with van der Waals surface area (Å²) < 4.78 is 7.42. The molecule has 0 saturated heterocycles. The van der Waals surface area contributed by atoms with Crippen molar-refractivity contribution in [2.45, 2.75) is 26.8 Å². The van der Waals surface area contributed by atoms with Gasteiger partial charge in [0, 0.05) is 39.2 Å². The number of alkyl halides is 1. The molecule has 9 heteroatoms. The molecule has 0 radical (unpaired) electrons. The molecule has 0 aliphatic carbocycles. The average Bonchev–Trinajstić information content (AvgIpc) is 3.00. The van der Waals surface area contributed by atoms with Crippen molar-refractivity contribution in [2.24, 2.45) is 0 Å². The molecule has 0 aliphatic rings. The summed E-state index contributed by atoms with van der Waals surface area (Å²) in [5.41, 5.74) is 3.59. The number of nitrogens with one attached hydrogen (secondary N) is 1. The number of rotatable bonds is 9. The van der Waals surface area contributed by atoms with Crippen molar-refractivity contribution in [1.29, 1.82) is 0 Å². The Kier molecular flexibility index (Phi) is 6.64. The van der Waals surface area contributed by atoms with E-state index in [1.807, 2.05) is 49.7 Å². The summed E-state index contributed by atoms with van der Waals surface area (Å²) in [6, 6.07) is 3.93. The Balaban J connectivity index is 2.14. The van der Waals surface area contributed by atoms with Crippen molar-refractivity contribution in [3.63, 3.8) is 0 Å². The molecule has 0 aromatic carbocycles. The van der Waals surface area contributed by atoms with E-state index in [-0.39, 0.29) is 0 Å². The molecule has 0 atom stereocenters. The van der Waals surface area contributed by atoms with Crippen molar-refractivity contribution in [3.8, 4) is 0 Å². The first-order chi connectivity index (χ1) is 13.5. The van der Waals surface area contributed by atoms with Crippen LogP contribution in [0.15, 0.2) is 18.3 Å². The Morgan fingerprint density at radius 3 is 2.79 bits per heavy atom. The lowest BCUT2D eigenvalue weighted by Gasteiger charge is -2.14. The van der Waals surface area contributed by atoms with Crippen LogP contribution < -0.4 is 10.2 Å². The molecule has 0 unspecified atom stereocenters. The zero-order chi connectivity index (χ0) is 20.1. The third-order valence-corrected chi connectivity index (χ3v) is 4.38. The van der Waals surface area contributed by atoms with Crippen LogP contribution in [-0.4, -0.2) is 57.9 Å². The van der Waals surface area contributed by atoms with E-state index in [2.05, 4.69) is 10.3 Å². The van der Waals surface area contributed by atoms with Crippen LogP contribution in [0, 0.1) is 6.92 Å². The first-order valence-electron chi connectivity index (χ1n) is 9.31. The first-order valence-corrected chi connectivity index (χ1v) is 9.85. The maximum atomic E-state index is 6.01. The fourth-order valence-corrected chi connectivity index (χ4v) is 3.04. The highest BCUT2D eigenvalue weighted by atomic mass is 35.5. The molecule has 1 N–H and O–H groups in total. The van der Waals surface area contributed by atoms with Gasteiger partial charge >= 0.3 is 0 Å². The Hall–Kier alpha value is -2.45. The van der Waals surface area contributed by atoms with E-state index in [1.165, 1.54) is 0 Å². The van der Waals surface area contributed by atoms with Crippen molar-refractivity contribution in [2.75, 3.05) is 43.4 Å². The van der Waals surface area contributed by atoms with Gasteiger partial charge in [0.15, 0.2) is 5.82 Å². The van der Waals surface area contributed by atoms with Crippen LogP contribution in [0.5, 0.6) is 0 Å². The molecule has 28 heavy (non-hydrogen) atoms. The Morgan fingerprint density at radius 2 is 2.11 bits per heavy atom. The summed E-state index contributed by atoms with van der Waals surface area (Å²) in [6.45, 7) is 5.83. The van der Waals surface area contributed by atoms with E-state index in [1.54, 1.807) is 6.20 Å². The molecule has 0 bridgehead atoms. The number of anilines is 3. The fraction of sp³-hybridized carbons (Fsp3) is 0.474. The van der Waals surface area contributed by atoms with Crippen LogP contribution in [0.4, 0.5) is 17.6 Å². The molecule has 3 aromatic rings. The molecule has 0 spiro atoms. The smallest absolute Gasteiger partial charge is 0.227 e. The van der Waals surface area contributed by atoms with Crippen molar-refractivity contribution in [3.05, 3.63) is 29.6 Å². The highest BCUT2D eigenvalue weighted by Crippen LogP contribution is 2.28. The molecule has 8 nitrogen and oxygen atoms in total. The summed E-state index contributed by atoms with van der Waals surface area (Å²) in [7, 11) is 3.83. The zero-order valence-electron chi connectivity index (χ0n) is 16.7. The number of halogens is 1. The Labute approximate surface area is 169 Å². The second-order valence-electron chi connectivity index (χ2n) is 6.61. The van der Waals surface area contributed by atoms with Crippen molar-refractivity contribution < 1.29 is 4.74 Å². The molecule has 0 amide bonds. The summed E-state index contributed by atoms with van der Waals surface area (Å²) in [6.07, 6.45) is 2.40. The van der Waals surface area contributed by atoms with Crippen molar-refractivity contribution >= 4 is 40.2 Å². The third-order valence-electron chi connectivity index (χ3n) is 4.19. The van der Waals surface area contributed by atoms with Gasteiger partial charge in [-0.1, -0.05) is 0 Å². The normalized spacial score (nSPS) is 11.2. The number of hydrogen-bond donors (Lipinski definition) is 1. The van der Waals surface area contributed by atoms with E-state index in [4.69, 9.17) is 31.4 Å². The Morgan fingerprint density at radius 1 is 1.29 bits per heavy atom. The van der Waals surface area contributed by atoms with Crippen LogP contribution in [0.25, 0.3) is 11.0 Å². The van der Waals surface area contributed by atoms with Gasteiger partial charge in [0.2, 0.25) is 5.95 Å². The van der Waals surface area contributed by atoms with E-state index in [9.17, 15) is 0 Å². The van der Waals surface area contributed by atoms with Crippen LogP contribution in [0.3, 0.4) is 0 Å². The van der Waals surface area contributed by atoms with E-state index in [0.717, 1.165) is 28.1 Å². The molecular weight excluding hydrogens is 378 g/mol. The maximum absolute atomic E-state index is 6.01. The summed E-state index contributed by atoms with van der Waals surface area (Å²) in [4.78, 5) is 15.7. The lowest BCUT2D eigenvalue weighted by molar-refractivity contribution is 0.137. The minimum absolute atomic E-state index is 0.473. The number of hydrogen-bond acceptors (Lipinski definition) is 7. The van der Waals surface area contributed by atoms with Gasteiger partial charge in [-0.15, -0.1) is 11.6 Å². The van der Waals surface area contributed by atoms with Gasteiger partial charge in [0.25, 0.3) is 0 Å². The predicted octanol–water partition coefficient (Wildman–Crippen LogP) is 3.16. The average molecular weight is 404 g/mol. The Bertz CT molecular complexity index is 941. The van der Waals surface area contributed by atoms with Crippen LogP contribution in [-0.2, 0) is 17.7 Å². The predicted molar refractivity (Wildman–Crippen MR) is 113 cm³/mol. The topological polar surface area (TPSA) is 81.0 Å². The van der Waals surface area contributed by atoms with Gasteiger partial charge in [-0.2, -0.15) is 10.1 Å². The second kappa shape index (κ2) is 9.16. The molecule has 0 aliphatic heterocycles. The van der Waals surface area contributed by atoms with Crippen LogP contribution in [0.1, 0.15) is 18.2 Å². The molecular formula is C19H26ClN7O. The van der Waals surface area contributed by atoms with Crippen LogP contribution in [0.2, 0.25) is 0 Å². The van der Waals surface area contributed by atoms with Gasteiger partial charge in [0.1, 0.15) is 16.9 Å². The zero-order valence-corrected chi connectivity index (χ0v) is 17.5. The molecule has 0 fully saturated rings. The molecule has 0 saturated carbocycles. The lowest BCUT2D eigenvalue weighted by atomic mass is 10.2. The van der Waals surface area contributed by atoms with Gasteiger partial charge < -0.3 is 15.0 Å². The molecule has 3 heterocycles. The second-order valence-corrected chi connectivity index (χ2v) is 6.99. The van der Waals surface area contributed by atoms with Crippen LogP contribution >= 0.6 is 11.6 Å².